The number of furan rings is 1. The van der Waals surface area contributed by atoms with E-state index >= 15 is 0 Å². The van der Waals surface area contributed by atoms with E-state index in [1.54, 1.807) is 11.3 Å². The number of rotatable bonds is 5. The van der Waals surface area contributed by atoms with Gasteiger partial charge in [-0.3, -0.25) is 9.97 Å². The van der Waals surface area contributed by atoms with Crippen molar-refractivity contribution in [1.82, 2.24) is 9.97 Å². The Morgan fingerprint density at radius 2 is 0.917 bits per heavy atom. The highest BCUT2D eigenvalue weighted by Gasteiger charge is 2.46. The summed E-state index contributed by atoms with van der Waals surface area (Å²) in [5.41, 5.74) is 18.1. The number of fused-ring (bicyclic) bond motifs is 19. The van der Waals surface area contributed by atoms with Gasteiger partial charge in [-0.1, -0.05) is 176 Å². The molecule has 6 heteroatoms. The van der Waals surface area contributed by atoms with E-state index < -0.39 is 8.07 Å². The lowest BCUT2D eigenvalue weighted by Crippen LogP contribution is -2.74. The maximum absolute atomic E-state index is 7.70. The standard InChI is InChI=1S/C66H40N2OS2Si/c1-3-16-42(17-4-1)72(43-18-5-2-6-19-43,61-40-59-54-34-37-70-65(54)56-28-15-36-68-63(56)62-55(64(59)69-61)27-14-35-67-62)44-31-33-51-50-32-30-41(45-25-13-26-53-52-24-11-12-29-60(52)71-66(45)53)38-57(50)48-22-9-7-20-46(48)47-21-8-10-23-49(47)58(51)39-44/h1-40H. The van der Waals surface area contributed by atoms with Crippen molar-refractivity contribution in [2.24, 2.45) is 0 Å². The second kappa shape index (κ2) is 16.3. The molecule has 0 unspecified atom stereocenters. The molecule has 0 radical (unpaired) electrons. The first kappa shape index (κ1) is 41.3. The van der Waals surface area contributed by atoms with E-state index in [9.17, 15) is 0 Å². The van der Waals surface area contributed by atoms with Crippen molar-refractivity contribution in [2.75, 3.05) is 0 Å². The number of nitrogens with zero attached hydrogens (tertiary/aromatic N) is 2. The van der Waals surface area contributed by atoms with Crippen LogP contribution in [0.2, 0.25) is 0 Å². The Balaban J connectivity index is 1.01. The van der Waals surface area contributed by atoms with Crippen LogP contribution in [0.1, 0.15) is 0 Å². The van der Waals surface area contributed by atoms with Crippen LogP contribution in [0.25, 0.3) is 120 Å². The van der Waals surface area contributed by atoms with Gasteiger partial charge in [-0.05, 0) is 125 Å². The lowest BCUT2D eigenvalue weighted by molar-refractivity contribution is 0.615. The van der Waals surface area contributed by atoms with Gasteiger partial charge in [0.15, 0.2) is 0 Å². The van der Waals surface area contributed by atoms with E-state index in [4.69, 9.17) is 14.4 Å². The molecule has 336 valence electrons. The van der Waals surface area contributed by atoms with Crippen molar-refractivity contribution in [3.05, 3.63) is 242 Å². The molecule has 0 bridgehead atoms. The molecule has 72 heavy (non-hydrogen) atoms. The number of benzene rings is 8. The first-order valence-corrected chi connectivity index (χ1v) is 28.0. The van der Waals surface area contributed by atoms with Crippen molar-refractivity contribution in [3.63, 3.8) is 0 Å². The fraction of sp³-hybridized carbons (Fsp3) is 0. The zero-order valence-electron chi connectivity index (χ0n) is 38.7. The number of aromatic nitrogens is 2. The maximum Gasteiger partial charge on any atom is 0.223 e. The van der Waals surface area contributed by atoms with Crippen LogP contribution >= 0.6 is 22.7 Å². The number of thiophene rings is 2. The van der Waals surface area contributed by atoms with Gasteiger partial charge in [0.2, 0.25) is 8.07 Å². The second-order valence-corrected chi connectivity index (χ2v) is 24.4. The van der Waals surface area contributed by atoms with Crippen LogP contribution in [0, 0.1) is 0 Å². The molecule has 0 N–H and O–H groups in total. The van der Waals surface area contributed by atoms with Crippen LogP contribution in [0.5, 0.6) is 0 Å². The van der Waals surface area contributed by atoms with Crippen LogP contribution in [-0.2, 0) is 0 Å². The third kappa shape index (κ3) is 6.07. The lowest BCUT2D eigenvalue weighted by Gasteiger charge is -2.33. The van der Waals surface area contributed by atoms with E-state index in [1.807, 2.05) is 35.9 Å². The minimum absolute atomic E-state index is 0.817. The minimum Gasteiger partial charge on any atom is -0.464 e. The maximum atomic E-state index is 7.70. The molecule has 15 rings (SSSR count). The molecule has 0 atom stereocenters. The van der Waals surface area contributed by atoms with Gasteiger partial charge in [0.25, 0.3) is 0 Å². The predicted molar refractivity (Wildman–Crippen MR) is 305 cm³/mol. The predicted octanol–water partition coefficient (Wildman–Crippen LogP) is 15.5. The fourth-order valence-electron chi connectivity index (χ4n) is 11.8. The van der Waals surface area contributed by atoms with E-state index in [0.717, 1.165) is 49.7 Å². The van der Waals surface area contributed by atoms with Crippen molar-refractivity contribution in [2.45, 2.75) is 0 Å². The Kier molecular flexibility index (Phi) is 9.33. The molecule has 13 aromatic rings. The van der Waals surface area contributed by atoms with Gasteiger partial charge in [-0.15, -0.1) is 22.7 Å². The van der Waals surface area contributed by atoms with Gasteiger partial charge < -0.3 is 4.42 Å². The summed E-state index contributed by atoms with van der Waals surface area (Å²) in [6.45, 7) is 0. The van der Waals surface area contributed by atoms with Gasteiger partial charge in [-0.2, -0.15) is 0 Å². The third-order valence-corrected chi connectivity index (χ3v) is 21.7. The molecule has 5 aromatic heterocycles. The van der Waals surface area contributed by atoms with E-state index in [1.165, 1.54) is 91.4 Å². The molecule has 2 aliphatic carbocycles. The highest BCUT2D eigenvalue weighted by molar-refractivity contribution is 7.26. The highest BCUT2D eigenvalue weighted by Crippen LogP contribution is 2.51. The summed E-state index contributed by atoms with van der Waals surface area (Å²) < 4.78 is 10.3. The molecular formula is C66H40N2OS2Si. The van der Waals surface area contributed by atoms with Gasteiger partial charge in [0.1, 0.15) is 11.5 Å². The Bertz CT molecular complexity index is 4260. The molecule has 5 heterocycles. The van der Waals surface area contributed by atoms with Crippen molar-refractivity contribution < 1.29 is 4.42 Å². The van der Waals surface area contributed by atoms with Crippen LogP contribution in [0.15, 0.2) is 247 Å². The highest BCUT2D eigenvalue weighted by atomic mass is 32.1. The summed E-state index contributed by atoms with van der Waals surface area (Å²) in [6, 6.07) is 83.3. The number of pyridine rings is 2. The largest absolute Gasteiger partial charge is 0.464 e. The van der Waals surface area contributed by atoms with Crippen molar-refractivity contribution in [3.8, 4) is 99.9 Å². The molecule has 0 aliphatic heterocycles. The summed E-state index contributed by atoms with van der Waals surface area (Å²) in [5.74, 6) is 0.817. The lowest BCUT2D eigenvalue weighted by atomic mass is 9.80. The zero-order chi connectivity index (χ0) is 47.3. The molecule has 0 saturated heterocycles. The normalized spacial score (nSPS) is 12.2. The summed E-state index contributed by atoms with van der Waals surface area (Å²) in [4.78, 5) is 11.2. The van der Waals surface area contributed by atoms with Crippen LogP contribution in [-0.4, -0.2) is 18.0 Å². The smallest absolute Gasteiger partial charge is 0.223 e. The molecule has 0 spiro atoms. The van der Waals surface area contributed by atoms with Crippen molar-refractivity contribution in [1.29, 1.82) is 0 Å². The van der Waals surface area contributed by atoms with Crippen LogP contribution in [0.3, 0.4) is 0 Å². The first-order valence-electron chi connectivity index (χ1n) is 24.4. The Morgan fingerprint density at radius 3 is 1.64 bits per heavy atom. The van der Waals surface area contributed by atoms with Gasteiger partial charge in [-0.25, -0.2) is 0 Å². The molecule has 8 aromatic carbocycles. The number of hydrogen-bond donors (Lipinski definition) is 0. The molecule has 3 nitrogen and oxygen atoms in total. The van der Waals surface area contributed by atoms with Crippen LogP contribution < -0.4 is 20.9 Å². The monoisotopic (exact) mass is 968 g/mol. The Morgan fingerprint density at radius 1 is 0.361 bits per heavy atom. The van der Waals surface area contributed by atoms with E-state index in [0.29, 0.717) is 0 Å². The summed E-state index contributed by atoms with van der Waals surface area (Å²) in [7, 11) is -3.31. The Labute approximate surface area is 425 Å². The average Bonchev–Trinajstić information content (AvgIpc) is 4.21. The summed E-state index contributed by atoms with van der Waals surface area (Å²) >= 11 is 3.62. The summed E-state index contributed by atoms with van der Waals surface area (Å²) in [6.07, 6.45) is 3.73. The molecular weight excluding hydrogens is 929 g/mol. The Hall–Kier alpha value is -8.52. The van der Waals surface area contributed by atoms with E-state index in [2.05, 4.69) is 218 Å². The third-order valence-electron chi connectivity index (χ3n) is 15.0. The van der Waals surface area contributed by atoms with Crippen LogP contribution in [0.4, 0.5) is 0 Å². The quantitative estimate of drug-likeness (QED) is 0.127. The molecule has 0 amide bonds. The van der Waals surface area contributed by atoms with Gasteiger partial charge in [0.05, 0.1) is 11.1 Å². The van der Waals surface area contributed by atoms with E-state index in [-0.39, 0.29) is 0 Å². The molecule has 0 saturated carbocycles. The topological polar surface area (TPSA) is 38.9 Å². The van der Waals surface area contributed by atoms with Crippen molar-refractivity contribution >= 4 is 71.9 Å². The zero-order valence-corrected chi connectivity index (χ0v) is 41.3. The molecule has 0 fully saturated rings. The first-order chi connectivity index (χ1) is 35.7. The van der Waals surface area contributed by atoms with Gasteiger partial charge >= 0.3 is 0 Å². The van der Waals surface area contributed by atoms with Gasteiger partial charge in [0, 0.05) is 59.7 Å². The number of hydrogen-bond acceptors (Lipinski definition) is 5. The SMILES string of the molecule is c1ccc([Si](c2ccccc2)(c2ccc3c(c2)-c2ccccc2-c2ccccc2-c2cc(-c4cccc5c4sc4ccccc45)ccc2-3)c2cc3c(o2)-c2cccnc2-c2ncccc2-c2sccc2-3)cc1. The molecule has 2 aliphatic rings. The minimum atomic E-state index is -3.31. The summed E-state index contributed by atoms with van der Waals surface area (Å²) in [5, 5.41) is 9.48. The second-order valence-electron chi connectivity index (χ2n) is 18.7. The fourth-order valence-corrected chi connectivity index (χ4v) is 18.6. The average molecular weight is 969 g/mol.